The number of carbonyl (C=O) groups excluding carboxylic acids is 1. The summed E-state index contributed by atoms with van der Waals surface area (Å²) in [6, 6.07) is 4.37. The molecule has 1 saturated heterocycles. The highest BCUT2D eigenvalue weighted by Crippen LogP contribution is 2.33. The van der Waals surface area contributed by atoms with E-state index in [-0.39, 0.29) is 21.4 Å². The van der Waals surface area contributed by atoms with Crippen molar-refractivity contribution in [3.05, 3.63) is 39.4 Å². The van der Waals surface area contributed by atoms with Gasteiger partial charge in [-0.2, -0.15) is 4.31 Å². The molecule has 2 heterocycles. The number of aromatic nitrogens is 1. The Morgan fingerprint density at radius 2 is 2.07 bits per heavy atom. The van der Waals surface area contributed by atoms with Crippen LogP contribution in [0.1, 0.15) is 47.1 Å². The van der Waals surface area contributed by atoms with Crippen LogP contribution in [0.5, 0.6) is 0 Å². The normalized spacial score (nSPS) is 20.1. The highest BCUT2D eigenvalue weighted by molar-refractivity contribution is 7.89. The van der Waals surface area contributed by atoms with Crippen LogP contribution in [-0.2, 0) is 22.9 Å². The molecule has 4 rings (SSSR count). The zero-order valence-electron chi connectivity index (χ0n) is 15.6. The van der Waals surface area contributed by atoms with Crippen LogP contribution in [0.25, 0.3) is 0 Å². The number of carbonyl (C=O) groups is 1. The molecule has 0 bridgehead atoms. The molecule has 0 saturated carbocycles. The third-order valence-electron chi connectivity index (χ3n) is 5.28. The fraction of sp³-hybridized carbons (Fsp3) is 0.474. The van der Waals surface area contributed by atoms with E-state index in [1.54, 1.807) is 0 Å². The Balaban J connectivity index is 1.57. The van der Waals surface area contributed by atoms with Crippen molar-refractivity contribution in [2.75, 3.05) is 18.4 Å². The number of thiazole rings is 1. The van der Waals surface area contributed by atoms with E-state index in [0.717, 1.165) is 37.8 Å². The topological polar surface area (TPSA) is 79.4 Å². The molecule has 0 radical (unpaired) electrons. The summed E-state index contributed by atoms with van der Waals surface area (Å²) in [5.74, 6) is 0.250. The van der Waals surface area contributed by atoms with E-state index >= 15 is 0 Å². The van der Waals surface area contributed by atoms with E-state index in [4.69, 9.17) is 11.6 Å². The number of benzene rings is 1. The molecule has 1 aliphatic carbocycles. The van der Waals surface area contributed by atoms with Gasteiger partial charge < -0.3 is 0 Å². The summed E-state index contributed by atoms with van der Waals surface area (Å²) >= 11 is 7.66. The van der Waals surface area contributed by atoms with E-state index in [0.29, 0.717) is 24.1 Å². The highest BCUT2D eigenvalue weighted by Gasteiger charge is 2.30. The molecule has 1 N–H and O–H groups in total. The maximum absolute atomic E-state index is 12.9. The Labute approximate surface area is 174 Å². The molecule has 1 fully saturated rings. The molecule has 28 heavy (non-hydrogen) atoms. The minimum atomic E-state index is -3.70. The van der Waals surface area contributed by atoms with Gasteiger partial charge in [-0.05, 0) is 56.2 Å². The van der Waals surface area contributed by atoms with Gasteiger partial charge in [0.1, 0.15) is 4.90 Å². The summed E-state index contributed by atoms with van der Waals surface area (Å²) in [5, 5.41) is 3.50. The molecule has 1 aromatic heterocycles. The number of nitrogens with one attached hydrogen (secondary N) is 1. The first kappa shape index (κ1) is 19.8. The number of halogens is 1. The molecule has 1 amide bonds. The van der Waals surface area contributed by atoms with Gasteiger partial charge >= 0.3 is 0 Å². The predicted octanol–water partition coefficient (Wildman–Crippen LogP) is 3.96. The Morgan fingerprint density at radius 3 is 2.82 bits per heavy atom. The third kappa shape index (κ3) is 3.83. The van der Waals surface area contributed by atoms with Gasteiger partial charge in [-0.15, -0.1) is 11.3 Å². The van der Waals surface area contributed by atoms with Crippen LogP contribution in [0, 0.1) is 5.92 Å². The average Bonchev–Trinajstić information content (AvgIpc) is 3.31. The predicted molar refractivity (Wildman–Crippen MR) is 111 cm³/mol. The van der Waals surface area contributed by atoms with Crippen molar-refractivity contribution in [1.82, 2.24) is 9.29 Å². The molecule has 1 unspecified atom stereocenters. The molecule has 6 nitrogen and oxygen atoms in total. The van der Waals surface area contributed by atoms with Gasteiger partial charge in [0.05, 0.1) is 10.7 Å². The number of amides is 1. The summed E-state index contributed by atoms with van der Waals surface area (Å²) in [6.45, 7) is 3.19. The summed E-state index contributed by atoms with van der Waals surface area (Å²) in [7, 11) is -3.70. The van der Waals surface area contributed by atoms with Crippen LogP contribution in [0.3, 0.4) is 0 Å². The minimum Gasteiger partial charge on any atom is -0.298 e. The molecule has 1 atom stereocenters. The Kier molecular flexibility index (Phi) is 5.48. The van der Waals surface area contributed by atoms with E-state index in [1.165, 1.54) is 38.7 Å². The van der Waals surface area contributed by atoms with Gasteiger partial charge in [0.25, 0.3) is 5.91 Å². The van der Waals surface area contributed by atoms with Crippen LogP contribution < -0.4 is 5.32 Å². The van der Waals surface area contributed by atoms with Gasteiger partial charge in [0.15, 0.2) is 5.13 Å². The Morgan fingerprint density at radius 1 is 1.32 bits per heavy atom. The number of rotatable bonds is 4. The van der Waals surface area contributed by atoms with Crippen molar-refractivity contribution in [1.29, 1.82) is 0 Å². The van der Waals surface area contributed by atoms with Crippen molar-refractivity contribution in [2.24, 2.45) is 5.92 Å². The zero-order valence-corrected chi connectivity index (χ0v) is 18.0. The van der Waals surface area contributed by atoms with Gasteiger partial charge in [-0.3, -0.25) is 10.1 Å². The van der Waals surface area contributed by atoms with Gasteiger partial charge in [-0.25, -0.2) is 13.4 Å². The minimum absolute atomic E-state index is 0.0176. The smallest absolute Gasteiger partial charge is 0.257 e. The number of hydrogen-bond acceptors (Lipinski definition) is 5. The monoisotopic (exact) mass is 439 g/mol. The molecule has 1 aromatic carbocycles. The number of sulfonamides is 1. The molecule has 2 aliphatic rings. The summed E-state index contributed by atoms with van der Waals surface area (Å²) < 4.78 is 27.1. The second kappa shape index (κ2) is 7.74. The molecule has 1 aliphatic heterocycles. The first-order valence-corrected chi connectivity index (χ1v) is 12.1. The molecule has 9 heteroatoms. The Hall–Kier alpha value is -1.48. The molecular weight excluding hydrogens is 418 g/mol. The van der Waals surface area contributed by atoms with Crippen LogP contribution in [0.2, 0.25) is 5.02 Å². The number of anilines is 1. The largest absolute Gasteiger partial charge is 0.298 e. The van der Waals surface area contributed by atoms with E-state index in [2.05, 4.69) is 17.2 Å². The van der Waals surface area contributed by atoms with Gasteiger partial charge in [0.2, 0.25) is 10.0 Å². The lowest BCUT2D eigenvalue weighted by Gasteiger charge is -2.17. The number of nitrogens with zero attached hydrogens (tertiary/aromatic N) is 2. The molecule has 2 aromatic rings. The highest BCUT2D eigenvalue weighted by atomic mass is 35.5. The third-order valence-corrected chi connectivity index (χ3v) is 8.70. The van der Waals surface area contributed by atoms with Crippen LogP contribution in [-0.4, -0.2) is 36.7 Å². The zero-order chi connectivity index (χ0) is 19.9. The molecular formula is C19H22ClN3O3S2. The number of hydrogen-bond donors (Lipinski definition) is 1. The lowest BCUT2D eigenvalue weighted by molar-refractivity contribution is 0.102. The maximum Gasteiger partial charge on any atom is 0.257 e. The van der Waals surface area contributed by atoms with Crippen molar-refractivity contribution < 1.29 is 13.2 Å². The SMILES string of the molecule is CC1CCc2nc(NC(=O)c3ccc(Cl)c(S(=O)(=O)N4CCCC4)c3)sc2C1. The van der Waals surface area contributed by atoms with E-state index < -0.39 is 10.0 Å². The first-order valence-electron chi connectivity index (χ1n) is 9.44. The van der Waals surface area contributed by atoms with Crippen molar-refractivity contribution in [3.63, 3.8) is 0 Å². The quantitative estimate of drug-likeness (QED) is 0.781. The molecule has 150 valence electrons. The van der Waals surface area contributed by atoms with E-state index in [9.17, 15) is 13.2 Å². The van der Waals surface area contributed by atoms with E-state index in [1.807, 2.05) is 0 Å². The Bertz CT molecular complexity index is 1010. The second-order valence-corrected chi connectivity index (χ2v) is 10.8. The first-order chi connectivity index (χ1) is 13.3. The van der Waals surface area contributed by atoms with Crippen molar-refractivity contribution in [3.8, 4) is 0 Å². The standard InChI is InChI=1S/C19H22ClN3O3S2/c1-12-4-7-15-16(10-12)27-19(21-15)22-18(24)13-5-6-14(20)17(11-13)28(25,26)23-8-2-3-9-23/h5-6,11-12H,2-4,7-10H2,1H3,(H,21,22,24). The lowest BCUT2D eigenvalue weighted by atomic mass is 9.93. The average molecular weight is 440 g/mol. The maximum atomic E-state index is 12.9. The summed E-state index contributed by atoms with van der Waals surface area (Å²) in [5.41, 5.74) is 1.32. The summed E-state index contributed by atoms with van der Waals surface area (Å²) in [4.78, 5) is 18.5. The van der Waals surface area contributed by atoms with Crippen LogP contribution in [0.15, 0.2) is 23.1 Å². The lowest BCUT2D eigenvalue weighted by Crippen LogP contribution is -2.28. The fourth-order valence-corrected chi connectivity index (χ4v) is 6.86. The number of aryl methyl sites for hydroxylation is 1. The second-order valence-electron chi connectivity index (χ2n) is 7.45. The van der Waals surface area contributed by atoms with Crippen molar-refractivity contribution >= 4 is 44.0 Å². The summed E-state index contributed by atoms with van der Waals surface area (Å²) in [6.07, 6.45) is 4.71. The van der Waals surface area contributed by atoms with Gasteiger partial charge in [-0.1, -0.05) is 18.5 Å². The van der Waals surface area contributed by atoms with Crippen LogP contribution in [0.4, 0.5) is 5.13 Å². The van der Waals surface area contributed by atoms with Crippen LogP contribution >= 0.6 is 22.9 Å². The fourth-order valence-electron chi connectivity index (χ4n) is 3.67. The number of fused-ring (bicyclic) bond motifs is 1. The van der Waals surface area contributed by atoms with Gasteiger partial charge in [0, 0.05) is 23.5 Å². The van der Waals surface area contributed by atoms with Crippen molar-refractivity contribution in [2.45, 2.75) is 43.9 Å². The molecule has 0 spiro atoms.